The SMILES string of the molecule is CC(C)=NNc1nc(C=P(c2ccccc2)(c2ccccc2)c2ccccc2)cs1. The Kier molecular flexibility index (Phi) is 6.27. The largest absolute Gasteiger partial charge is 0.253 e. The van der Waals surface area contributed by atoms with Crippen LogP contribution in [0.4, 0.5) is 5.13 Å². The van der Waals surface area contributed by atoms with Crippen LogP contribution in [-0.2, 0) is 0 Å². The van der Waals surface area contributed by atoms with Gasteiger partial charge in [0.1, 0.15) is 0 Å². The van der Waals surface area contributed by atoms with Gasteiger partial charge in [0.25, 0.3) is 0 Å². The molecule has 0 saturated heterocycles. The smallest absolute Gasteiger partial charge is 0.203 e. The van der Waals surface area contributed by atoms with Crippen molar-refractivity contribution in [1.29, 1.82) is 0 Å². The minimum absolute atomic E-state index is 0.801. The van der Waals surface area contributed by atoms with E-state index >= 15 is 0 Å². The first kappa shape index (κ1) is 20.3. The van der Waals surface area contributed by atoms with Crippen molar-refractivity contribution in [1.82, 2.24) is 4.98 Å². The van der Waals surface area contributed by atoms with Crippen LogP contribution in [0.2, 0.25) is 0 Å². The molecule has 0 aliphatic rings. The van der Waals surface area contributed by atoms with E-state index < -0.39 is 6.89 Å². The van der Waals surface area contributed by atoms with Crippen LogP contribution in [0.1, 0.15) is 19.5 Å². The predicted octanol–water partition coefficient (Wildman–Crippen LogP) is 5.10. The number of hydrogen-bond acceptors (Lipinski definition) is 4. The molecule has 150 valence electrons. The predicted molar refractivity (Wildman–Crippen MR) is 135 cm³/mol. The highest BCUT2D eigenvalue weighted by molar-refractivity contribution is 7.94. The van der Waals surface area contributed by atoms with Gasteiger partial charge in [-0.05, 0) is 42.4 Å². The lowest BCUT2D eigenvalue weighted by molar-refractivity contribution is 1.26. The molecule has 3 aromatic carbocycles. The van der Waals surface area contributed by atoms with Gasteiger partial charge in [-0.2, -0.15) is 5.10 Å². The molecule has 0 atom stereocenters. The zero-order valence-corrected chi connectivity index (χ0v) is 18.8. The number of hydrazone groups is 1. The minimum atomic E-state index is -2.04. The van der Waals surface area contributed by atoms with Crippen LogP contribution in [0, 0.1) is 0 Å². The van der Waals surface area contributed by atoms with Crippen LogP contribution < -0.4 is 21.3 Å². The number of nitrogens with zero attached hydrogens (tertiary/aromatic N) is 2. The summed E-state index contributed by atoms with van der Waals surface area (Å²) in [6.07, 6.45) is 0. The third-order valence-corrected chi connectivity index (χ3v) is 9.47. The average molecular weight is 430 g/mol. The Hall–Kier alpha value is -2.94. The van der Waals surface area contributed by atoms with Crippen molar-refractivity contribution >= 4 is 50.8 Å². The number of aromatic nitrogens is 1. The Balaban J connectivity index is 1.98. The summed E-state index contributed by atoms with van der Waals surface area (Å²) in [5.41, 5.74) is 4.99. The maximum Gasteiger partial charge on any atom is 0.203 e. The van der Waals surface area contributed by atoms with Crippen LogP contribution in [0.15, 0.2) is 101 Å². The topological polar surface area (TPSA) is 37.3 Å². The van der Waals surface area contributed by atoms with E-state index in [-0.39, 0.29) is 0 Å². The standard InChI is InChI=1S/C25H24N3PS/c1-20(2)27-28-25-26-21(19-30-25)18-29(22-12-6-3-7-13-22,23-14-8-4-9-15-23)24-16-10-5-11-17-24/h3-19H,1-2H3,(H,26,28). The van der Waals surface area contributed by atoms with Crippen LogP contribution in [0.25, 0.3) is 0 Å². The highest BCUT2D eigenvalue weighted by Crippen LogP contribution is 2.44. The van der Waals surface area contributed by atoms with Gasteiger partial charge in [0, 0.05) is 11.1 Å². The Labute approximate surface area is 182 Å². The monoisotopic (exact) mass is 429 g/mol. The van der Waals surface area contributed by atoms with E-state index in [0.717, 1.165) is 16.5 Å². The summed E-state index contributed by atoms with van der Waals surface area (Å²) in [7, 11) is 0. The second-order valence-corrected chi connectivity index (χ2v) is 11.2. The molecule has 1 heterocycles. The molecule has 4 rings (SSSR count). The third kappa shape index (κ3) is 4.30. The van der Waals surface area contributed by atoms with Crippen LogP contribution in [-0.4, -0.2) is 16.5 Å². The van der Waals surface area contributed by atoms with E-state index in [1.165, 1.54) is 15.9 Å². The van der Waals surface area contributed by atoms with Gasteiger partial charge in [-0.1, -0.05) is 91.0 Å². The highest BCUT2D eigenvalue weighted by atomic mass is 32.1. The number of hydrogen-bond donors (Lipinski definition) is 1. The quantitative estimate of drug-likeness (QED) is 0.263. The van der Waals surface area contributed by atoms with Gasteiger partial charge in [-0.3, -0.25) is 5.43 Å². The first-order chi connectivity index (χ1) is 14.7. The summed E-state index contributed by atoms with van der Waals surface area (Å²) < 4.78 is 0. The van der Waals surface area contributed by atoms with Crippen molar-refractivity contribution < 1.29 is 0 Å². The molecule has 0 saturated carbocycles. The fourth-order valence-corrected chi connectivity index (χ4v) is 7.92. The van der Waals surface area contributed by atoms with Crippen molar-refractivity contribution in [2.45, 2.75) is 13.8 Å². The average Bonchev–Trinajstić information content (AvgIpc) is 3.25. The van der Waals surface area contributed by atoms with E-state index in [9.17, 15) is 0 Å². The summed E-state index contributed by atoms with van der Waals surface area (Å²) in [5, 5.41) is 11.1. The molecule has 0 aliphatic carbocycles. The molecule has 3 nitrogen and oxygen atoms in total. The van der Waals surface area contributed by atoms with Gasteiger partial charge in [0.15, 0.2) is 0 Å². The fourth-order valence-electron chi connectivity index (χ4n) is 3.42. The van der Waals surface area contributed by atoms with Crippen molar-refractivity contribution in [2.24, 2.45) is 5.10 Å². The first-order valence-electron chi connectivity index (χ1n) is 9.82. The van der Waals surface area contributed by atoms with Crippen molar-refractivity contribution in [3.8, 4) is 0 Å². The van der Waals surface area contributed by atoms with Crippen LogP contribution in [0.3, 0.4) is 0 Å². The van der Waals surface area contributed by atoms with Gasteiger partial charge < -0.3 is 0 Å². The third-order valence-electron chi connectivity index (χ3n) is 4.71. The lowest BCUT2D eigenvalue weighted by Crippen LogP contribution is -2.27. The van der Waals surface area contributed by atoms with Gasteiger partial charge in [-0.25, -0.2) is 4.98 Å². The summed E-state index contributed by atoms with van der Waals surface area (Å²) in [5.74, 6) is 2.37. The van der Waals surface area contributed by atoms with E-state index in [2.05, 4.69) is 113 Å². The number of benzene rings is 3. The molecular weight excluding hydrogens is 405 g/mol. The zero-order chi connectivity index (χ0) is 20.8. The van der Waals surface area contributed by atoms with E-state index in [4.69, 9.17) is 4.98 Å². The molecule has 0 unspecified atom stereocenters. The van der Waals surface area contributed by atoms with E-state index in [0.29, 0.717) is 0 Å². The Bertz CT molecular complexity index is 1080. The van der Waals surface area contributed by atoms with Crippen molar-refractivity contribution in [3.63, 3.8) is 0 Å². The molecule has 30 heavy (non-hydrogen) atoms. The number of rotatable bonds is 6. The molecule has 1 N–H and O–H groups in total. The Morgan fingerprint density at radius 3 is 1.70 bits per heavy atom. The molecule has 0 amide bonds. The summed E-state index contributed by atoms with van der Waals surface area (Å²) in [6, 6.07) is 32.4. The minimum Gasteiger partial charge on any atom is -0.253 e. The molecule has 0 spiro atoms. The van der Waals surface area contributed by atoms with E-state index in [1.54, 1.807) is 11.3 Å². The van der Waals surface area contributed by atoms with Gasteiger partial charge >= 0.3 is 0 Å². The number of thiazole rings is 1. The summed E-state index contributed by atoms with van der Waals surface area (Å²) in [6.45, 7) is 1.88. The van der Waals surface area contributed by atoms with Gasteiger partial charge in [-0.15, -0.1) is 11.3 Å². The molecular formula is C25H24N3PS. The molecule has 0 aliphatic heterocycles. The summed E-state index contributed by atoms with van der Waals surface area (Å²) >= 11 is 1.58. The lowest BCUT2D eigenvalue weighted by Gasteiger charge is -2.28. The second-order valence-electron chi connectivity index (χ2n) is 7.11. The molecule has 1 aromatic heterocycles. The maximum atomic E-state index is 4.82. The number of nitrogens with one attached hydrogen (secondary N) is 1. The zero-order valence-electron chi connectivity index (χ0n) is 17.1. The van der Waals surface area contributed by atoms with Crippen molar-refractivity contribution in [3.05, 3.63) is 102 Å². The van der Waals surface area contributed by atoms with E-state index in [1.807, 2.05) is 13.8 Å². The summed E-state index contributed by atoms with van der Waals surface area (Å²) in [4.78, 5) is 4.82. The maximum absolute atomic E-state index is 4.82. The van der Waals surface area contributed by atoms with Crippen LogP contribution in [0.5, 0.6) is 0 Å². The normalized spacial score (nSPS) is 11.0. The molecule has 5 heteroatoms. The van der Waals surface area contributed by atoms with Crippen LogP contribution >= 0.6 is 18.2 Å². The first-order valence-corrected chi connectivity index (χ1v) is 12.6. The molecule has 0 radical (unpaired) electrons. The Morgan fingerprint density at radius 1 is 0.800 bits per heavy atom. The van der Waals surface area contributed by atoms with Gasteiger partial charge in [0.05, 0.1) is 5.69 Å². The molecule has 4 aromatic rings. The number of anilines is 1. The lowest BCUT2D eigenvalue weighted by atomic mass is 10.4. The van der Waals surface area contributed by atoms with Gasteiger partial charge in [0.2, 0.25) is 5.13 Å². The fraction of sp³-hybridized carbons (Fsp3) is 0.0800. The van der Waals surface area contributed by atoms with Crippen molar-refractivity contribution in [2.75, 3.05) is 5.43 Å². The Morgan fingerprint density at radius 2 is 1.27 bits per heavy atom. The molecule has 0 fully saturated rings. The highest BCUT2D eigenvalue weighted by Gasteiger charge is 2.25. The second kappa shape index (κ2) is 9.25. The molecule has 0 bridgehead atoms.